The SMILES string of the molecule is O=C(N[C@@H](CCOC1CC(CCc2ccc3c(n2)NCCC3)C1)C(=O)O)C1CCCc2cn[nH]c21. The predicted molar refractivity (Wildman–Crippen MR) is 130 cm³/mol. The van der Waals surface area contributed by atoms with Crippen LogP contribution in [0, 0.1) is 5.92 Å². The van der Waals surface area contributed by atoms with Crippen LogP contribution in [0.3, 0.4) is 0 Å². The normalized spacial score (nSPS) is 23.8. The van der Waals surface area contributed by atoms with Crippen LogP contribution in [0.2, 0.25) is 0 Å². The second-order valence-corrected chi connectivity index (χ2v) is 10.2. The van der Waals surface area contributed by atoms with Gasteiger partial charge >= 0.3 is 5.97 Å². The van der Waals surface area contributed by atoms with Crippen molar-refractivity contribution in [2.45, 2.75) is 82.3 Å². The molecule has 35 heavy (non-hydrogen) atoms. The molecule has 9 heteroatoms. The van der Waals surface area contributed by atoms with Crippen molar-refractivity contribution in [3.8, 4) is 0 Å². The first kappa shape index (κ1) is 23.8. The van der Waals surface area contributed by atoms with Gasteiger partial charge in [0.2, 0.25) is 5.91 Å². The van der Waals surface area contributed by atoms with Crippen molar-refractivity contribution < 1.29 is 19.4 Å². The molecule has 2 aliphatic carbocycles. The maximum atomic E-state index is 12.8. The number of carbonyl (C=O) groups excluding carboxylic acids is 1. The lowest BCUT2D eigenvalue weighted by molar-refractivity contribution is -0.143. The number of fused-ring (bicyclic) bond motifs is 2. The fourth-order valence-electron chi connectivity index (χ4n) is 5.51. The highest BCUT2D eigenvalue weighted by molar-refractivity contribution is 5.88. The first-order valence-corrected chi connectivity index (χ1v) is 13.0. The average molecular weight is 482 g/mol. The topological polar surface area (TPSA) is 129 Å². The van der Waals surface area contributed by atoms with Gasteiger partial charge < -0.3 is 20.5 Å². The molecule has 0 bridgehead atoms. The Morgan fingerprint density at radius 2 is 2.06 bits per heavy atom. The number of rotatable bonds is 10. The number of aromatic nitrogens is 3. The van der Waals surface area contributed by atoms with E-state index in [0.29, 0.717) is 18.9 Å². The van der Waals surface area contributed by atoms with Crippen molar-refractivity contribution in [3.63, 3.8) is 0 Å². The summed E-state index contributed by atoms with van der Waals surface area (Å²) in [6.45, 7) is 1.33. The molecule has 4 N–H and O–H groups in total. The van der Waals surface area contributed by atoms with E-state index in [2.05, 4.69) is 33.0 Å². The summed E-state index contributed by atoms with van der Waals surface area (Å²) in [6.07, 6.45) is 11.0. The van der Waals surface area contributed by atoms with Crippen LogP contribution in [-0.2, 0) is 33.6 Å². The summed E-state index contributed by atoms with van der Waals surface area (Å²) in [7, 11) is 0. The Morgan fingerprint density at radius 3 is 2.91 bits per heavy atom. The largest absolute Gasteiger partial charge is 0.480 e. The third kappa shape index (κ3) is 5.66. The summed E-state index contributed by atoms with van der Waals surface area (Å²) >= 11 is 0. The minimum atomic E-state index is -1.03. The highest BCUT2D eigenvalue weighted by atomic mass is 16.5. The molecule has 5 rings (SSSR count). The molecule has 2 aromatic rings. The van der Waals surface area contributed by atoms with Gasteiger partial charge in [-0.3, -0.25) is 9.89 Å². The van der Waals surface area contributed by atoms with E-state index in [-0.39, 0.29) is 24.3 Å². The number of amides is 1. The van der Waals surface area contributed by atoms with Gasteiger partial charge in [-0.25, -0.2) is 9.78 Å². The van der Waals surface area contributed by atoms with E-state index >= 15 is 0 Å². The zero-order valence-corrected chi connectivity index (χ0v) is 20.1. The Morgan fingerprint density at radius 1 is 1.20 bits per heavy atom. The number of carbonyl (C=O) groups is 2. The Kier molecular flexibility index (Phi) is 7.32. The molecular formula is C26H35N5O4. The number of aliphatic carboxylic acids is 1. The van der Waals surface area contributed by atoms with Gasteiger partial charge in [0.05, 0.1) is 23.9 Å². The minimum Gasteiger partial charge on any atom is -0.480 e. The summed E-state index contributed by atoms with van der Waals surface area (Å²) < 4.78 is 5.93. The fourth-order valence-corrected chi connectivity index (χ4v) is 5.51. The number of H-pyrrole nitrogens is 1. The number of anilines is 1. The van der Waals surface area contributed by atoms with E-state index in [1.807, 2.05) is 0 Å². The van der Waals surface area contributed by atoms with Crippen molar-refractivity contribution in [2.24, 2.45) is 5.92 Å². The van der Waals surface area contributed by atoms with Crippen molar-refractivity contribution in [1.82, 2.24) is 20.5 Å². The van der Waals surface area contributed by atoms with E-state index < -0.39 is 12.0 Å². The maximum absolute atomic E-state index is 12.8. The molecule has 3 aliphatic rings. The molecule has 1 fully saturated rings. The first-order chi connectivity index (χ1) is 17.1. The quantitative estimate of drug-likeness (QED) is 0.411. The number of carboxylic acids is 1. The summed E-state index contributed by atoms with van der Waals surface area (Å²) in [5, 5.41) is 22.7. The van der Waals surface area contributed by atoms with E-state index in [4.69, 9.17) is 9.72 Å². The van der Waals surface area contributed by atoms with Crippen LogP contribution in [0.1, 0.15) is 73.4 Å². The van der Waals surface area contributed by atoms with Crippen LogP contribution >= 0.6 is 0 Å². The van der Waals surface area contributed by atoms with E-state index in [1.165, 1.54) is 12.0 Å². The van der Waals surface area contributed by atoms with E-state index in [1.54, 1.807) is 6.20 Å². The van der Waals surface area contributed by atoms with Crippen LogP contribution in [0.5, 0.6) is 0 Å². The van der Waals surface area contributed by atoms with Crippen LogP contribution in [0.15, 0.2) is 18.3 Å². The van der Waals surface area contributed by atoms with Gasteiger partial charge in [0.1, 0.15) is 11.9 Å². The Hall–Kier alpha value is -2.94. The van der Waals surface area contributed by atoms with Crippen LogP contribution in [0.4, 0.5) is 5.82 Å². The number of hydrogen-bond donors (Lipinski definition) is 4. The predicted octanol–water partition coefficient (Wildman–Crippen LogP) is 2.97. The second kappa shape index (κ2) is 10.8. The zero-order chi connectivity index (χ0) is 24.2. The van der Waals surface area contributed by atoms with Gasteiger partial charge in [-0.05, 0) is 80.9 Å². The van der Waals surface area contributed by atoms with Gasteiger partial charge in [-0.2, -0.15) is 5.10 Å². The molecule has 2 aromatic heterocycles. The number of nitrogens with zero attached hydrogens (tertiary/aromatic N) is 2. The van der Waals surface area contributed by atoms with Gasteiger partial charge in [-0.1, -0.05) is 6.07 Å². The fraction of sp³-hybridized carbons (Fsp3) is 0.615. The third-order valence-electron chi connectivity index (χ3n) is 7.68. The molecule has 0 aromatic carbocycles. The van der Waals surface area contributed by atoms with Crippen LogP contribution < -0.4 is 10.6 Å². The number of carboxylic acid groups (broad SMARTS) is 1. The van der Waals surface area contributed by atoms with Crippen LogP contribution in [0.25, 0.3) is 0 Å². The monoisotopic (exact) mass is 481 g/mol. The van der Waals surface area contributed by atoms with Gasteiger partial charge in [0.15, 0.2) is 0 Å². The summed E-state index contributed by atoms with van der Waals surface area (Å²) in [6, 6.07) is 3.41. The lowest BCUT2D eigenvalue weighted by Gasteiger charge is -2.35. The molecule has 0 saturated heterocycles. The first-order valence-electron chi connectivity index (χ1n) is 13.0. The average Bonchev–Trinajstić information content (AvgIpc) is 3.32. The summed E-state index contributed by atoms with van der Waals surface area (Å²) in [4.78, 5) is 29.3. The number of hydrogen-bond acceptors (Lipinski definition) is 6. The molecule has 0 spiro atoms. The number of ether oxygens (including phenoxy) is 1. The molecule has 9 nitrogen and oxygen atoms in total. The van der Waals surface area contributed by atoms with Crippen molar-refractivity contribution in [3.05, 3.63) is 40.8 Å². The van der Waals surface area contributed by atoms with Gasteiger partial charge in [0, 0.05) is 25.3 Å². The molecule has 1 aliphatic heterocycles. The molecule has 1 amide bonds. The number of aromatic amines is 1. The maximum Gasteiger partial charge on any atom is 0.326 e. The second-order valence-electron chi connectivity index (χ2n) is 10.2. The van der Waals surface area contributed by atoms with E-state index in [9.17, 15) is 14.7 Å². The summed E-state index contributed by atoms with van der Waals surface area (Å²) in [5.41, 5.74) is 4.32. The number of nitrogens with one attached hydrogen (secondary N) is 3. The molecule has 2 atom stereocenters. The Labute approximate surface area is 205 Å². The lowest BCUT2D eigenvalue weighted by Crippen LogP contribution is -2.44. The molecule has 3 heterocycles. The van der Waals surface area contributed by atoms with Crippen molar-refractivity contribution in [2.75, 3.05) is 18.5 Å². The van der Waals surface area contributed by atoms with Crippen molar-refractivity contribution >= 4 is 17.7 Å². The smallest absolute Gasteiger partial charge is 0.326 e. The highest BCUT2D eigenvalue weighted by Gasteiger charge is 2.32. The molecule has 1 saturated carbocycles. The van der Waals surface area contributed by atoms with E-state index in [0.717, 1.165) is 74.3 Å². The molecule has 188 valence electrons. The van der Waals surface area contributed by atoms with Gasteiger partial charge in [-0.15, -0.1) is 0 Å². The van der Waals surface area contributed by atoms with Gasteiger partial charge in [0.25, 0.3) is 0 Å². The van der Waals surface area contributed by atoms with Crippen LogP contribution in [-0.4, -0.2) is 57.5 Å². The lowest BCUT2D eigenvalue weighted by atomic mass is 9.79. The summed E-state index contributed by atoms with van der Waals surface area (Å²) in [5.74, 6) is 0.0306. The standard InChI is InChI=1S/C26H35N5O4/c32-25(21-5-1-3-18-15-28-31-23(18)21)30-22(26(33)34)10-12-35-20-13-16(14-20)6-8-19-9-7-17-4-2-11-27-24(17)29-19/h7,9,15-16,20-22H,1-6,8,10-14H2,(H,27,29)(H,28,31)(H,30,32)(H,33,34)/t16?,20?,21?,22-/m0/s1. The Balaban J connectivity index is 1.01. The third-order valence-corrected chi connectivity index (χ3v) is 7.68. The minimum absolute atomic E-state index is 0.175. The molecule has 1 unspecified atom stereocenters. The number of pyridine rings is 1. The Bertz CT molecular complexity index is 1050. The molecular weight excluding hydrogens is 446 g/mol. The number of aryl methyl sites for hydroxylation is 3. The zero-order valence-electron chi connectivity index (χ0n) is 20.1. The molecule has 0 radical (unpaired) electrons. The highest BCUT2D eigenvalue weighted by Crippen LogP contribution is 2.34. The van der Waals surface area contributed by atoms with Crippen molar-refractivity contribution in [1.29, 1.82) is 0 Å².